The smallest absolute Gasteiger partial charge is 0.166 e. The summed E-state index contributed by atoms with van der Waals surface area (Å²) in [5.41, 5.74) is 7.09. The topological polar surface area (TPSA) is 65.2 Å². The van der Waals surface area contributed by atoms with Gasteiger partial charge < -0.3 is 10.5 Å². The summed E-state index contributed by atoms with van der Waals surface area (Å²) in [6, 6.07) is 1.78. The number of nitrogens with zero attached hydrogens (tertiary/aromatic N) is 1. The first kappa shape index (κ1) is 11.7. The maximum atomic E-state index is 11.7. The fourth-order valence-electron chi connectivity index (χ4n) is 1.31. The summed E-state index contributed by atoms with van der Waals surface area (Å²) in [6.45, 7) is 2.48. The Balaban J connectivity index is 2.68. The van der Waals surface area contributed by atoms with Crippen molar-refractivity contribution in [2.24, 2.45) is 0 Å². The van der Waals surface area contributed by atoms with Gasteiger partial charge in [0.15, 0.2) is 5.78 Å². The number of aromatic nitrogens is 1. The molecule has 1 aromatic rings. The molecule has 4 heteroatoms. The van der Waals surface area contributed by atoms with Crippen LogP contribution in [0, 0.1) is 6.92 Å². The molecular weight excluding hydrogens is 192 g/mol. The number of aryl methyl sites for hydroxylation is 1. The Kier molecular flexibility index (Phi) is 4.24. The van der Waals surface area contributed by atoms with Crippen LogP contribution in [-0.4, -0.2) is 24.5 Å². The predicted molar refractivity (Wildman–Crippen MR) is 58.8 cm³/mol. The average molecular weight is 208 g/mol. The summed E-state index contributed by atoms with van der Waals surface area (Å²) < 4.78 is 4.88. The summed E-state index contributed by atoms with van der Waals surface area (Å²) >= 11 is 0. The third-order valence-electron chi connectivity index (χ3n) is 2.11. The van der Waals surface area contributed by atoms with E-state index < -0.39 is 0 Å². The molecule has 2 N–H and O–H groups in total. The fraction of sp³-hybridized carbons (Fsp3) is 0.455. The zero-order valence-electron chi connectivity index (χ0n) is 9.12. The van der Waals surface area contributed by atoms with Crippen LogP contribution in [0.25, 0.3) is 0 Å². The molecule has 1 rings (SSSR count). The minimum Gasteiger partial charge on any atom is -0.385 e. The van der Waals surface area contributed by atoms with Crippen molar-refractivity contribution in [1.82, 2.24) is 4.98 Å². The molecule has 0 atom stereocenters. The number of Topliss-reactive ketones (excluding diaryl/α,β-unsaturated/α-hetero) is 1. The van der Waals surface area contributed by atoms with Crippen LogP contribution in [0.4, 0.5) is 5.82 Å². The fourth-order valence-corrected chi connectivity index (χ4v) is 1.31. The third kappa shape index (κ3) is 3.32. The second-order valence-corrected chi connectivity index (χ2v) is 3.46. The molecule has 15 heavy (non-hydrogen) atoms. The standard InChI is InChI=1S/C11H16N2O2/c1-8-6-9(11(12)13-7-8)10(14)4-3-5-15-2/h6-7H,3-5H2,1-2H3,(H2,12,13). The number of nitrogen functional groups attached to an aromatic ring is 1. The molecule has 0 aliphatic heterocycles. The van der Waals surface area contributed by atoms with Crippen LogP contribution >= 0.6 is 0 Å². The zero-order chi connectivity index (χ0) is 11.3. The van der Waals surface area contributed by atoms with E-state index in [1.54, 1.807) is 19.4 Å². The molecule has 0 saturated heterocycles. The van der Waals surface area contributed by atoms with Crippen LogP contribution in [0.3, 0.4) is 0 Å². The molecule has 1 aromatic heterocycles. The molecule has 0 radical (unpaired) electrons. The molecule has 0 aliphatic rings. The van der Waals surface area contributed by atoms with E-state index in [0.717, 1.165) is 5.56 Å². The van der Waals surface area contributed by atoms with Gasteiger partial charge in [-0.05, 0) is 25.0 Å². The molecule has 82 valence electrons. The Hall–Kier alpha value is -1.42. The average Bonchev–Trinajstić information content (AvgIpc) is 2.22. The first-order chi connectivity index (χ1) is 7.15. The number of rotatable bonds is 5. The number of hydrogen-bond donors (Lipinski definition) is 1. The summed E-state index contributed by atoms with van der Waals surface area (Å²) in [5, 5.41) is 0. The Bertz CT molecular complexity index is 350. The number of ether oxygens (including phenoxy) is 1. The highest BCUT2D eigenvalue weighted by Gasteiger charge is 2.10. The van der Waals surface area contributed by atoms with Crippen molar-refractivity contribution >= 4 is 11.6 Å². The van der Waals surface area contributed by atoms with Crippen molar-refractivity contribution in [3.63, 3.8) is 0 Å². The van der Waals surface area contributed by atoms with E-state index in [0.29, 0.717) is 30.8 Å². The number of nitrogens with two attached hydrogens (primary N) is 1. The molecule has 4 nitrogen and oxygen atoms in total. The van der Waals surface area contributed by atoms with E-state index >= 15 is 0 Å². The van der Waals surface area contributed by atoms with Crippen molar-refractivity contribution in [2.75, 3.05) is 19.5 Å². The van der Waals surface area contributed by atoms with Crippen LogP contribution in [-0.2, 0) is 4.74 Å². The molecular formula is C11H16N2O2. The third-order valence-corrected chi connectivity index (χ3v) is 2.11. The van der Waals surface area contributed by atoms with Crippen LogP contribution in [0.1, 0.15) is 28.8 Å². The van der Waals surface area contributed by atoms with E-state index in [9.17, 15) is 4.79 Å². The van der Waals surface area contributed by atoms with Crippen molar-refractivity contribution < 1.29 is 9.53 Å². The molecule has 0 saturated carbocycles. The lowest BCUT2D eigenvalue weighted by molar-refractivity contribution is 0.0964. The van der Waals surface area contributed by atoms with Crippen LogP contribution in [0.15, 0.2) is 12.3 Å². The second-order valence-electron chi connectivity index (χ2n) is 3.46. The van der Waals surface area contributed by atoms with E-state index in [-0.39, 0.29) is 5.78 Å². The molecule has 0 bridgehead atoms. The first-order valence-corrected chi connectivity index (χ1v) is 4.89. The molecule has 0 amide bonds. The van der Waals surface area contributed by atoms with Crippen LogP contribution in [0.2, 0.25) is 0 Å². The number of pyridine rings is 1. The van der Waals surface area contributed by atoms with E-state index in [1.165, 1.54) is 0 Å². The van der Waals surface area contributed by atoms with E-state index in [1.807, 2.05) is 6.92 Å². The van der Waals surface area contributed by atoms with Gasteiger partial charge in [-0.2, -0.15) is 0 Å². The lowest BCUT2D eigenvalue weighted by Crippen LogP contribution is -2.07. The van der Waals surface area contributed by atoms with Crippen LogP contribution in [0.5, 0.6) is 0 Å². The van der Waals surface area contributed by atoms with Crippen molar-refractivity contribution in [2.45, 2.75) is 19.8 Å². The van der Waals surface area contributed by atoms with Crippen molar-refractivity contribution in [3.05, 3.63) is 23.4 Å². The van der Waals surface area contributed by atoms with Gasteiger partial charge in [0, 0.05) is 26.3 Å². The number of ketones is 1. The van der Waals surface area contributed by atoms with Gasteiger partial charge in [0.05, 0.1) is 5.56 Å². The van der Waals surface area contributed by atoms with Crippen molar-refractivity contribution in [3.8, 4) is 0 Å². The Labute approximate surface area is 89.5 Å². The number of carbonyl (C=O) groups excluding carboxylic acids is 1. The molecule has 0 aromatic carbocycles. The molecule has 0 aliphatic carbocycles. The second kappa shape index (κ2) is 5.46. The van der Waals surface area contributed by atoms with Crippen LogP contribution < -0.4 is 5.73 Å². The maximum Gasteiger partial charge on any atom is 0.166 e. The van der Waals surface area contributed by atoms with Crippen molar-refractivity contribution in [1.29, 1.82) is 0 Å². The van der Waals surface area contributed by atoms with E-state index in [4.69, 9.17) is 10.5 Å². The minimum absolute atomic E-state index is 0.0285. The summed E-state index contributed by atoms with van der Waals surface area (Å²) in [7, 11) is 1.62. The number of hydrogen-bond acceptors (Lipinski definition) is 4. The van der Waals surface area contributed by atoms with Gasteiger partial charge in [0.25, 0.3) is 0 Å². The van der Waals surface area contributed by atoms with Gasteiger partial charge in [0.2, 0.25) is 0 Å². The summed E-state index contributed by atoms with van der Waals surface area (Å²) in [5.74, 6) is 0.337. The normalized spacial score (nSPS) is 10.3. The monoisotopic (exact) mass is 208 g/mol. The number of carbonyl (C=O) groups is 1. The highest BCUT2D eigenvalue weighted by atomic mass is 16.5. The van der Waals surface area contributed by atoms with Gasteiger partial charge in [-0.15, -0.1) is 0 Å². The van der Waals surface area contributed by atoms with Gasteiger partial charge in [-0.1, -0.05) is 0 Å². The number of anilines is 1. The SMILES string of the molecule is COCCCC(=O)c1cc(C)cnc1N. The Morgan fingerprint density at radius 1 is 1.60 bits per heavy atom. The van der Waals surface area contributed by atoms with E-state index in [2.05, 4.69) is 4.98 Å². The highest BCUT2D eigenvalue weighted by molar-refractivity contribution is 6.00. The summed E-state index contributed by atoms with van der Waals surface area (Å²) in [4.78, 5) is 15.7. The number of methoxy groups -OCH3 is 1. The van der Waals surface area contributed by atoms with Gasteiger partial charge in [-0.3, -0.25) is 4.79 Å². The largest absolute Gasteiger partial charge is 0.385 e. The lowest BCUT2D eigenvalue weighted by atomic mass is 10.1. The Morgan fingerprint density at radius 2 is 2.33 bits per heavy atom. The molecule has 1 heterocycles. The van der Waals surface area contributed by atoms with Gasteiger partial charge in [0.1, 0.15) is 5.82 Å². The quantitative estimate of drug-likeness (QED) is 0.589. The van der Waals surface area contributed by atoms with Gasteiger partial charge in [-0.25, -0.2) is 4.98 Å². The minimum atomic E-state index is 0.0285. The lowest BCUT2D eigenvalue weighted by Gasteiger charge is -2.04. The van der Waals surface area contributed by atoms with Gasteiger partial charge >= 0.3 is 0 Å². The molecule has 0 unspecified atom stereocenters. The first-order valence-electron chi connectivity index (χ1n) is 4.89. The zero-order valence-corrected chi connectivity index (χ0v) is 9.12. The molecule has 0 spiro atoms. The Morgan fingerprint density at radius 3 is 3.00 bits per heavy atom. The molecule has 0 fully saturated rings. The maximum absolute atomic E-state index is 11.7. The predicted octanol–water partition coefficient (Wildman–Crippen LogP) is 1.58. The highest BCUT2D eigenvalue weighted by Crippen LogP contribution is 2.13. The summed E-state index contributed by atoms with van der Waals surface area (Å²) in [6.07, 6.45) is 2.81.